The van der Waals surface area contributed by atoms with E-state index in [0.717, 1.165) is 0 Å². The second-order valence-electron chi connectivity index (χ2n) is 2.48. The van der Waals surface area contributed by atoms with Gasteiger partial charge in [0, 0.05) is 20.0 Å². The summed E-state index contributed by atoms with van der Waals surface area (Å²) >= 11 is 0. The van der Waals surface area contributed by atoms with Gasteiger partial charge < -0.3 is 10.4 Å². The summed E-state index contributed by atoms with van der Waals surface area (Å²) < 4.78 is 1.52. The Bertz CT molecular complexity index is 293. The van der Waals surface area contributed by atoms with E-state index in [0.29, 0.717) is 11.5 Å². The Morgan fingerprint density at radius 1 is 1.83 bits per heavy atom. The maximum atomic E-state index is 10.6. The van der Waals surface area contributed by atoms with E-state index in [1.54, 1.807) is 13.1 Å². The summed E-state index contributed by atoms with van der Waals surface area (Å²) in [6, 6.07) is 1.63. The fraction of sp³-hybridized carbons (Fsp3) is 0.429. The van der Waals surface area contributed by atoms with Crippen molar-refractivity contribution in [3.05, 3.63) is 11.8 Å². The quantitative estimate of drug-likeness (QED) is 0.648. The molecule has 0 atom stereocenters. The highest BCUT2D eigenvalue weighted by atomic mass is 16.3. The molecule has 12 heavy (non-hydrogen) atoms. The normalized spacial score (nSPS) is 9.92. The zero-order chi connectivity index (χ0) is 9.14. The van der Waals surface area contributed by atoms with Crippen molar-refractivity contribution >= 4 is 11.7 Å². The lowest BCUT2D eigenvalue weighted by molar-refractivity contribution is -0.114. The third-order valence-corrected chi connectivity index (χ3v) is 1.44. The van der Waals surface area contributed by atoms with Crippen molar-refractivity contribution in [1.82, 2.24) is 9.78 Å². The Hall–Kier alpha value is -1.36. The highest BCUT2D eigenvalue weighted by molar-refractivity contribution is 5.87. The van der Waals surface area contributed by atoms with Crippen molar-refractivity contribution in [2.45, 2.75) is 13.5 Å². The summed E-state index contributed by atoms with van der Waals surface area (Å²) in [5.74, 6) is 0.298. The number of anilines is 1. The molecule has 0 aliphatic carbocycles. The van der Waals surface area contributed by atoms with E-state index >= 15 is 0 Å². The SMILES string of the molecule is CC(=O)Nc1cc(CO)n(C)n1. The van der Waals surface area contributed by atoms with Crippen LogP contribution in [0.2, 0.25) is 0 Å². The number of carbonyl (C=O) groups is 1. The average Bonchev–Trinajstić information content (AvgIpc) is 2.29. The molecule has 1 aromatic heterocycles. The molecule has 0 saturated heterocycles. The first kappa shape index (κ1) is 8.73. The molecule has 5 nitrogen and oxygen atoms in total. The number of aliphatic hydroxyl groups is 1. The van der Waals surface area contributed by atoms with E-state index < -0.39 is 0 Å². The molecule has 0 aliphatic heterocycles. The zero-order valence-electron chi connectivity index (χ0n) is 7.03. The van der Waals surface area contributed by atoms with E-state index in [4.69, 9.17) is 5.11 Å². The van der Waals surface area contributed by atoms with Crippen molar-refractivity contribution in [2.24, 2.45) is 7.05 Å². The first-order chi connectivity index (χ1) is 5.63. The smallest absolute Gasteiger partial charge is 0.222 e. The highest BCUT2D eigenvalue weighted by Crippen LogP contribution is 2.07. The van der Waals surface area contributed by atoms with Crippen LogP contribution in [0.1, 0.15) is 12.6 Å². The third kappa shape index (κ3) is 1.82. The Morgan fingerprint density at radius 3 is 2.92 bits per heavy atom. The van der Waals surface area contributed by atoms with Gasteiger partial charge in [0.25, 0.3) is 0 Å². The molecule has 1 aromatic rings. The number of rotatable bonds is 2. The number of aliphatic hydroxyl groups excluding tert-OH is 1. The van der Waals surface area contributed by atoms with E-state index in [-0.39, 0.29) is 12.5 Å². The minimum absolute atomic E-state index is 0.0803. The van der Waals surface area contributed by atoms with Gasteiger partial charge in [-0.1, -0.05) is 0 Å². The Kier molecular flexibility index (Phi) is 2.44. The van der Waals surface area contributed by atoms with E-state index in [9.17, 15) is 4.79 Å². The zero-order valence-corrected chi connectivity index (χ0v) is 7.03. The van der Waals surface area contributed by atoms with Crippen molar-refractivity contribution in [2.75, 3.05) is 5.32 Å². The van der Waals surface area contributed by atoms with Crippen LogP contribution in [-0.4, -0.2) is 20.8 Å². The number of amides is 1. The van der Waals surface area contributed by atoms with Gasteiger partial charge in [-0.15, -0.1) is 0 Å². The standard InChI is InChI=1S/C7H11N3O2/c1-5(12)8-7-3-6(4-11)10(2)9-7/h3,11H,4H2,1-2H3,(H,8,9,12). The summed E-state index contributed by atoms with van der Waals surface area (Å²) in [6.45, 7) is 1.33. The number of aryl methyl sites for hydroxylation is 1. The van der Waals surface area contributed by atoms with Gasteiger partial charge in [0.1, 0.15) is 0 Å². The van der Waals surface area contributed by atoms with Gasteiger partial charge in [0.15, 0.2) is 5.82 Å². The van der Waals surface area contributed by atoms with Crippen molar-refractivity contribution < 1.29 is 9.90 Å². The molecule has 0 fully saturated rings. The summed E-state index contributed by atoms with van der Waals surface area (Å²) in [6.07, 6.45) is 0. The number of nitrogens with one attached hydrogen (secondary N) is 1. The van der Waals surface area contributed by atoms with Crippen LogP contribution in [-0.2, 0) is 18.4 Å². The number of aromatic nitrogens is 2. The van der Waals surface area contributed by atoms with Gasteiger partial charge in [-0.25, -0.2) is 0 Å². The summed E-state index contributed by atoms with van der Waals surface area (Å²) in [7, 11) is 1.71. The van der Waals surface area contributed by atoms with Crippen molar-refractivity contribution in [3.8, 4) is 0 Å². The molecular formula is C7H11N3O2. The van der Waals surface area contributed by atoms with E-state index in [1.165, 1.54) is 11.6 Å². The van der Waals surface area contributed by atoms with Gasteiger partial charge in [-0.05, 0) is 0 Å². The lowest BCUT2D eigenvalue weighted by Gasteiger charge is -1.93. The maximum absolute atomic E-state index is 10.6. The number of hydrogen-bond acceptors (Lipinski definition) is 3. The highest BCUT2D eigenvalue weighted by Gasteiger charge is 2.03. The first-order valence-corrected chi connectivity index (χ1v) is 3.55. The van der Waals surface area contributed by atoms with Gasteiger partial charge in [0.05, 0.1) is 12.3 Å². The fourth-order valence-corrected chi connectivity index (χ4v) is 0.895. The minimum atomic E-state index is -0.169. The van der Waals surface area contributed by atoms with Crippen LogP contribution in [0.4, 0.5) is 5.82 Å². The third-order valence-electron chi connectivity index (χ3n) is 1.44. The predicted molar refractivity (Wildman–Crippen MR) is 43.4 cm³/mol. The first-order valence-electron chi connectivity index (χ1n) is 3.55. The van der Waals surface area contributed by atoms with Crippen LogP contribution in [0.25, 0.3) is 0 Å². The topological polar surface area (TPSA) is 67.2 Å². The largest absolute Gasteiger partial charge is 0.390 e. The molecule has 0 unspecified atom stereocenters. The minimum Gasteiger partial charge on any atom is -0.390 e. The van der Waals surface area contributed by atoms with Crippen molar-refractivity contribution in [1.29, 1.82) is 0 Å². The maximum Gasteiger partial charge on any atom is 0.222 e. The molecule has 0 aromatic carbocycles. The van der Waals surface area contributed by atoms with Gasteiger partial charge in [-0.2, -0.15) is 5.10 Å². The molecule has 1 heterocycles. The molecule has 5 heteroatoms. The van der Waals surface area contributed by atoms with Gasteiger partial charge in [0.2, 0.25) is 5.91 Å². The number of nitrogens with zero attached hydrogens (tertiary/aromatic N) is 2. The second-order valence-corrected chi connectivity index (χ2v) is 2.48. The Balaban J connectivity index is 2.82. The molecule has 1 amide bonds. The summed E-state index contributed by atoms with van der Waals surface area (Å²) in [5.41, 5.74) is 0.666. The van der Waals surface area contributed by atoms with E-state index in [2.05, 4.69) is 10.4 Å². The lowest BCUT2D eigenvalue weighted by Crippen LogP contribution is -2.06. The van der Waals surface area contributed by atoms with Crippen LogP contribution < -0.4 is 5.32 Å². The summed E-state index contributed by atoms with van der Waals surface area (Å²) in [4.78, 5) is 10.6. The Morgan fingerprint density at radius 2 is 2.50 bits per heavy atom. The van der Waals surface area contributed by atoms with E-state index in [1.807, 2.05) is 0 Å². The monoisotopic (exact) mass is 169 g/mol. The number of hydrogen-bond donors (Lipinski definition) is 2. The molecule has 2 N–H and O–H groups in total. The van der Waals surface area contributed by atoms with Crippen molar-refractivity contribution in [3.63, 3.8) is 0 Å². The molecule has 1 rings (SSSR count). The van der Waals surface area contributed by atoms with Crippen LogP contribution in [0.5, 0.6) is 0 Å². The Labute approximate surface area is 70.0 Å². The molecule has 0 saturated carbocycles. The second kappa shape index (κ2) is 3.36. The van der Waals surface area contributed by atoms with Crippen LogP contribution in [0.15, 0.2) is 6.07 Å². The molecule has 66 valence electrons. The average molecular weight is 169 g/mol. The van der Waals surface area contributed by atoms with Gasteiger partial charge >= 0.3 is 0 Å². The van der Waals surface area contributed by atoms with Crippen LogP contribution >= 0.6 is 0 Å². The molecule has 0 aliphatic rings. The molecule has 0 bridgehead atoms. The lowest BCUT2D eigenvalue weighted by atomic mass is 10.4. The van der Waals surface area contributed by atoms with Crippen LogP contribution in [0.3, 0.4) is 0 Å². The molecular weight excluding hydrogens is 158 g/mol. The molecule has 0 radical (unpaired) electrons. The van der Waals surface area contributed by atoms with Crippen LogP contribution in [0, 0.1) is 0 Å². The molecule has 0 spiro atoms. The summed E-state index contributed by atoms with van der Waals surface area (Å²) in [5, 5.41) is 15.3. The fourth-order valence-electron chi connectivity index (χ4n) is 0.895. The van der Waals surface area contributed by atoms with Gasteiger partial charge in [-0.3, -0.25) is 9.48 Å². The number of carbonyl (C=O) groups excluding carboxylic acids is 1. The predicted octanol–water partition coefficient (Wildman–Crippen LogP) is -0.129.